The fourth-order valence-corrected chi connectivity index (χ4v) is 1.51. The van der Waals surface area contributed by atoms with Crippen LogP contribution in [0.1, 0.15) is 17.5 Å². The highest BCUT2D eigenvalue weighted by Crippen LogP contribution is 2.20. The van der Waals surface area contributed by atoms with Crippen molar-refractivity contribution in [3.8, 4) is 0 Å². The Morgan fingerprint density at radius 2 is 1.58 bits per heavy atom. The molecule has 1 aliphatic carbocycles. The maximum absolute atomic E-state index is 4.76. The van der Waals surface area contributed by atoms with Crippen LogP contribution in [0.15, 0.2) is 24.3 Å². The molecule has 0 aliphatic heterocycles. The van der Waals surface area contributed by atoms with Gasteiger partial charge in [-0.15, -0.1) is 0 Å². The summed E-state index contributed by atoms with van der Waals surface area (Å²) in [5, 5.41) is 4.76. The van der Waals surface area contributed by atoms with Crippen molar-refractivity contribution < 1.29 is 0 Å². The second-order valence-corrected chi connectivity index (χ2v) is 3.33. The molecule has 0 aromatic heterocycles. The summed E-state index contributed by atoms with van der Waals surface area (Å²) in [4.78, 5) is 0. The Hall–Kier alpha value is -0.470. The van der Waals surface area contributed by atoms with Crippen LogP contribution >= 0.6 is 11.9 Å². The van der Waals surface area contributed by atoms with E-state index in [4.69, 9.17) is 5.14 Å². The number of fused-ring (bicyclic) bond motifs is 1. The lowest BCUT2D eigenvalue weighted by Gasteiger charge is -1.93. The Kier molecular flexibility index (Phi) is 4.19. The van der Waals surface area contributed by atoms with Crippen molar-refractivity contribution >= 4 is 11.9 Å². The van der Waals surface area contributed by atoms with Gasteiger partial charge in [-0.25, -0.2) is 0 Å². The molecule has 1 nitrogen and oxygen atoms in total. The summed E-state index contributed by atoms with van der Waals surface area (Å²) in [6.45, 7) is 0. The van der Waals surface area contributed by atoms with Gasteiger partial charge in [-0.3, -0.25) is 5.14 Å². The Balaban J connectivity index is 0.000000213. The zero-order valence-electron chi connectivity index (χ0n) is 7.42. The summed E-state index contributed by atoms with van der Waals surface area (Å²) in [6.07, 6.45) is 5.78. The fourth-order valence-electron chi connectivity index (χ4n) is 1.51. The van der Waals surface area contributed by atoms with E-state index in [1.165, 1.54) is 31.2 Å². The van der Waals surface area contributed by atoms with E-state index < -0.39 is 0 Å². The van der Waals surface area contributed by atoms with Gasteiger partial charge in [0.15, 0.2) is 0 Å². The third-order valence-electron chi connectivity index (χ3n) is 2.01. The molecule has 1 aromatic carbocycles. The summed E-state index contributed by atoms with van der Waals surface area (Å²) in [7, 11) is 0. The summed E-state index contributed by atoms with van der Waals surface area (Å²) in [6, 6.07) is 8.74. The van der Waals surface area contributed by atoms with Crippen molar-refractivity contribution in [1.82, 2.24) is 0 Å². The van der Waals surface area contributed by atoms with E-state index in [1.54, 1.807) is 11.1 Å². The molecule has 66 valence electrons. The first-order valence-corrected chi connectivity index (χ1v) is 5.47. The predicted octanol–water partition coefficient (Wildman–Crippen LogP) is 2.40. The van der Waals surface area contributed by atoms with Gasteiger partial charge in [0.2, 0.25) is 0 Å². The zero-order valence-corrected chi connectivity index (χ0v) is 8.23. The average Bonchev–Trinajstić information content (AvgIpc) is 2.52. The van der Waals surface area contributed by atoms with Gasteiger partial charge in [0.1, 0.15) is 0 Å². The average molecular weight is 181 g/mol. The molecule has 2 N–H and O–H groups in total. The number of aryl methyl sites for hydroxylation is 2. The van der Waals surface area contributed by atoms with E-state index in [0.717, 1.165) is 0 Å². The number of nitrogens with two attached hydrogens (primary N) is 1. The molecule has 1 aliphatic rings. The second kappa shape index (κ2) is 5.22. The maximum atomic E-state index is 4.76. The molecule has 0 heterocycles. The predicted molar refractivity (Wildman–Crippen MR) is 56.2 cm³/mol. The van der Waals surface area contributed by atoms with Crippen LogP contribution in [0.5, 0.6) is 0 Å². The first-order chi connectivity index (χ1) is 5.88. The maximum Gasteiger partial charge on any atom is -0.00394 e. The SMILES string of the molecule is CSN.c1ccc2c(c1)CCC2. The smallest absolute Gasteiger partial charge is 0.00394 e. The summed E-state index contributed by atoms with van der Waals surface area (Å²) in [5.74, 6) is 0. The Morgan fingerprint density at radius 3 is 2.00 bits per heavy atom. The summed E-state index contributed by atoms with van der Waals surface area (Å²) >= 11 is 1.25. The Labute approximate surface area is 78.5 Å². The fraction of sp³-hybridized carbons (Fsp3) is 0.400. The molecule has 0 spiro atoms. The van der Waals surface area contributed by atoms with Crippen molar-refractivity contribution in [2.75, 3.05) is 6.26 Å². The van der Waals surface area contributed by atoms with Crippen LogP contribution in [0.3, 0.4) is 0 Å². The van der Waals surface area contributed by atoms with Gasteiger partial charge < -0.3 is 0 Å². The lowest BCUT2D eigenvalue weighted by Crippen LogP contribution is -1.77. The van der Waals surface area contributed by atoms with Crippen LogP contribution < -0.4 is 5.14 Å². The first kappa shape index (κ1) is 9.62. The minimum atomic E-state index is 1.25. The molecule has 0 atom stereocenters. The van der Waals surface area contributed by atoms with Gasteiger partial charge >= 0.3 is 0 Å². The number of hydrogen-bond acceptors (Lipinski definition) is 2. The number of benzene rings is 1. The molecule has 0 radical (unpaired) electrons. The third kappa shape index (κ3) is 2.54. The molecule has 0 fully saturated rings. The number of hydrogen-bond donors (Lipinski definition) is 1. The molecule has 0 bridgehead atoms. The first-order valence-electron chi connectivity index (χ1n) is 4.18. The van der Waals surface area contributed by atoms with Gasteiger partial charge in [-0.2, -0.15) is 0 Å². The van der Waals surface area contributed by atoms with Gasteiger partial charge in [0.25, 0.3) is 0 Å². The largest absolute Gasteiger partial charge is 0.278 e. The highest BCUT2D eigenvalue weighted by Gasteiger charge is 2.07. The third-order valence-corrected chi connectivity index (χ3v) is 2.01. The van der Waals surface area contributed by atoms with Gasteiger partial charge in [0.05, 0.1) is 0 Å². The molecular weight excluding hydrogens is 166 g/mol. The van der Waals surface area contributed by atoms with Crippen molar-refractivity contribution in [1.29, 1.82) is 0 Å². The van der Waals surface area contributed by atoms with Crippen LogP contribution in [0.2, 0.25) is 0 Å². The molecule has 0 unspecified atom stereocenters. The lowest BCUT2D eigenvalue weighted by atomic mass is 10.1. The molecule has 0 saturated heterocycles. The van der Waals surface area contributed by atoms with Crippen molar-refractivity contribution in [3.05, 3.63) is 35.4 Å². The minimum absolute atomic E-state index is 1.25. The Bertz CT molecular complexity index is 212. The minimum Gasteiger partial charge on any atom is -0.278 e. The van der Waals surface area contributed by atoms with Crippen molar-refractivity contribution in [2.45, 2.75) is 19.3 Å². The summed E-state index contributed by atoms with van der Waals surface area (Å²) < 4.78 is 0. The highest BCUT2D eigenvalue weighted by atomic mass is 32.2. The second-order valence-electron chi connectivity index (χ2n) is 2.86. The quantitative estimate of drug-likeness (QED) is 0.622. The monoisotopic (exact) mass is 181 g/mol. The van der Waals surface area contributed by atoms with Crippen LogP contribution in [-0.4, -0.2) is 6.26 Å². The molecule has 0 amide bonds. The van der Waals surface area contributed by atoms with E-state index in [0.29, 0.717) is 0 Å². The van der Waals surface area contributed by atoms with Crippen LogP contribution in [0.4, 0.5) is 0 Å². The van der Waals surface area contributed by atoms with E-state index in [2.05, 4.69) is 24.3 Å². The van der Waals surface area contributed by atoms with Crippen LogP contribution in [-0.2, 0) is 12.8 Å². The topological polar surface area (TPSA) is 26.0 Å². The summed E-state index contributed by atoms with van der Waals surface area (Å²) in [5.41, 5.74) is 3.13. The molecule has 1 aromatic rings. The van der Waals surface area contributed by atoms with E-state index in [9.17, 15) is 0 Å². The van der Waals surface area contributed by atoms with E-state index in [-0.39, 0.29) is 0 Å². The number of rotatable bonds is 0. The van der Waals surface area contributed by atoms with Crippen LogP contribution in [0, 0.1) is 0 Å². The van der Waals surface area contributed by atoms with Gasteiger partial charge in [-0.1, -0.05) is 36.2 Å². The standard InChI is InChI=1S/C9H10.CH5NS/c1-2-5-9-7-3-6-8(9)4-1;1-3-2/h1-2,4-5H,3,6-7H2;2H2,1H3. The van der Waals surface area contributed by atoms with E-state index in [1.807, 2.05) is 6.26 Å². The zero-order chi connectivity index (χ0) is 8.81. The van der Waals surface area contributed by atoms with Gasteiger partial charge in [-0.05, 0) is 36.6 Å². The van der Waals surface area contributed by atoms with Gasteiger partial charge in [0, 0.05) is 0 Å². The lowest BCUT2D eigenvalue weighted by molar-refractivity contribution is 0.912. The van der Waals surface area contributed by atoms with Crippen LogP contribution in [0.25, 0.3) is 0 Å². The molecule has 2 heteroatoms. The van der Waals surface area contributed by atoms with E-state index >= 15 is 0 Å². The Morgan fingerprint density at radius 1 is 1.17 bits per heavy atom. The van der Waals surface area contributed by atoms with Crippen molar-refractivity contribution in [2.24, 2.45) is 5.14 Å². The molecule has 2 rings (SSSR count). The molecule has 12 heavy (non-hydrogen) atoms. The molecular formula is C10H15NS. The van der Waals surface area contributed by atoms with Crippen molar-refractivity contribution in [3.63, 3.8) is 0 Å². The highest BCUT2D eigenvalue weighted by molar-refractivity contribution is 7.96. The normalized spacial score (nSPS) is 13.2. The molecule has 0 saturated carbocycles.